The second-order valence-corrected chi connectivity index (χ2v) is 7.69. The highest BCUT2D eigenvalue weighted by molar-refractivity contribution is 6.07. The fraction of sp³-hybridized carbons (Fsp3) is 0.240. The van der Waals surface area contributed by atoms with E-state index in [4.69, 9.17) is 4.74 Å². The number of hydrogen-bond acceptors (Lipinski definition) is 4. The Morgan fingerprint density at radius 2 is 1.65 bits per heavy atom. The average Bonchev–Trinajstić information content (AvgIpc) is 2.78. The molecule has 0 atom stereocenters. The molecule has 1 N–H and O–H groups in total. The second-order valence-electron chi connectivity index (χ2n) is 7.69. The van der Waals surface area contributed by atoms with Crippen LogP contribution in [0.2, 0.25) is 0 Å². The maximum absolute atomic E-state index is 12.9. The van der Waals surface area contributed by atoms with Crippen molar-refractivity contribution in [3.8, 4) is 5.75 Å². The summed E-state index contributed by atoms with van der Waals surface area (Å²) in [5, 5.41) is 5.09. The number of hydrogen-bond donors (Lipinski definition) is 1. The van der Waals surface area contributed by atoms with Crippen molar-refractivity contribution in [2.45, 2.75) is 25.8 Å². The van der Waals surface area contributed by atoms with Crippen LogP contribution < -0.4 is 10.1 Å². The average molecular weight is 416 g/mol. The van der Waals surface area contributed by atoms with Gasteiger partial charge in [0.15, 0.2) is 0 Å². The van der Waals surface area contributed by atoms with E-state index in [-0.39, 0.29) is 17.9 Å². The van der Waals surface area contributed by atoms with E-state index in [2.05, 4.69) is 5.32 Å². The van der Waals surface area contributed by atoms with Crippen molar-refractivity contribution in [3.63, 3.8) is 0 Å². The van der Waals surface area contributed by atoms with Gasteiger partial charge in [-0.05, 0) is 47.9 Å². The van der Waals surface area contributed by atoms with E-state index in [9.17, 15) is 14.4 Å². The topological polar surface area (TPSA) is 75.7 Å². The molecule has 0 aromatic heterocycles. The van der Waals surface area contributed by atoms with Gasteiger partial charge in [-0.2, -0.15) is 0 Å². The molecule has 2 amide bonds. The van der Waals surface area contributed by atoms with Crippen LogP contribution in [-0.2, 0) is 4.79 Å². The molecule has 0 aliphatic carbocycles. The minimum atomic E-state index is -0.424. The molecule has 31 heavy (non-hydrogen) atoms. The molecular weight excluding hydrogens is 392 g/mol. The van der Waals surface area contributed by atoms with Crippen molar-refractivity contribution in [2.24, 2.45) is 0 Å². The van der Waals surface area contributed by atoms with Crippen LogP contribution in [0.4, 0.5) is 0 Å². The summed E-state index contributed by atoms with van der Waals surface area (Å²) < 4.78 is 5.07. The van der Waals surface area contributed by atoms with E-state index in [0.717, 1.165) is 10.8 Å². The molecule has 1 aliphatic rings. The van der Waals surface area contributed by atoms with Gasteiger partial charge in [0, 0.05) is 37.2 Å². The van der Waals surface area contributed by atoms with Crippen molar-refractivity contribution in [2.75, 3.05) is 13.1 Å². The third-order valence-corrected chi connectivity index (χ3v) is 5.49. The molecule has 0 radical (unpaired) electrons. The maximum Gasteiger partial charge on any atom is 0.308 e. The normalized spacial score (nSPS) is 14.3. The van der Waals surface area contributed by atoms with Crippen LogP contribution in [0.5, 0.6) is 5.75 Å². The zero-order valence-corrected chi connectivity index (χ0v) is 17.3. The Morgan fingerprint density at radius 3 is 2.42 bits per heavy atom. The van der Waals surface area contributed by atoms with Crippen molar-refractivity contribution in [3.05, 3.63) is 77.9 Å². The third-order valence-electron chi connectivity index (χ3n) is 5.49. The van der Waals surface area contributed by atoms with E-state index < -0.39 is 5.97 Å². The monoisotopic (exact) mass is 416 g/mol. The Morgan fingerprint density at radius 1 is 0.935 bits per heavy atom. The molecule has 0 spiro atoms. The van der Waals surface area contributed by atoms with Gasteiger partial charge in [0.25, 0.3) is 11.8 Å². The number of esters is 1. The number of carbonyl (C=O) groups excluding carboxylic acids is 3. The minimum absolute atomic E-state index is 0.0166. The summed E-state index contributed by atoms with van der Waals surface area (Å²) in [4.78, 5) is 38.6. The number of piperidine rings is 1. The van der Waals surface area contributed by atoms with E-state index in [1.54, 1.807) is 29.2 Å². The number of fused-ring (bicyclic) bond motifs is 1. The first-order valence-electron chi connectivity index (χ1n) is 10.4. The lowest BCUT2D eigenvalue weighted by Gasteiger charge is -2.32. The van der Waals surface area contributed by atoms with E-state index >= 15 is 0 Å². The SMILES string of the molecule is CC(=O)Oc1cccc(C(=O)N2CCC(NC(=O)c3cccc4ccccc34)CC2)c1. The summed E-state index contributed by atoms with van der Waals surface area (Å²) in [7, 11) is 0. The maximum atomic E-state index is 12.9. The van der Waals surface area contributed by atoms with Crippen LogP contribution >= 0.6 is 0 Å². The quantitative estimate of drug-likeness (QED) is 0.519. The fourth-order valence-electron chi connectivity index (χ4n) is 3.95. The summed E-state index contributed by atoms with van der Waals surface area (Å²) in [5.41, 5.74) is 1.15. The van der Waals surface area contributed by atoms with Gasteiger partial charge in [-0.25, -0.2) is 0 Å². The third kappa shape index (κ3) is 4.74. The van der Waals surface area contributed by atoms with Gasteiger partial charge in [0.05, 0.1) is 0 Å². The summed E-state index contributed by atoms with van der Waals surface area (Å²) in [5.74, 6) is -0.258. The van der Waals surface area contributed by atoms with Gasteiger partial charge in [-0.15, -0.1) is 0 Å². The van der Waals surface area contributed by atoms with Crippen molar-refractivity contribution in [1.29, 1.82) is 0 Å². The summed E-state index contributed by atoms with van der Waals surface area (Å²) in [6, 6.07) is 20.2. The van der Waals surface area contributed by atoms with E-state index in [1.807, 2.05) is 42.5 Å². The highest BCUT2D eigenvalue weighted by Gasteiger charge is 2.25. The van der Waals surface area contributed by atoms with Crippen LogP contribution in [0.3, 0.4) is 0 Å². The van der Waals surface area contributed by atoms with Gasteiger partial charge >= 0.3 is 5.97 Å². The highest BCUT2D eigenvalue weighted by Crippen LogP contribution is 2.21. The summed E-state index contributed by atoms with van der Waals surface area (Å²) in [6.07, 6.45) is 1.37. The van der Waals surface area contributed by atoms with Crippen LogP contribution in [0.25, 0.3) is 10.8 Å². The first-order valence-corrected chi connectivity index (χ1v) is 10.4. The van der Waals surface area contributed by atoms with Gasteiger partial charge < -0.3 is 15.0 Å². The molecule has 4 rings (SSSR count). The Balaban J connectivity index is 1.37. The van der Waals surface area contributed by atoms with Gasteiger partial charge in [-0.1, -0.05) is 42.5 Å². The number of ether oxygens (including phenoxy) is 1. The predicted molar refractivity (Wildman–Crippen MR) is 118 cm³/mol. The largest absolute Gasteiger partial charge is 0.427 e. The predicted octanol–water partition coefficient (Wildman–Crippen LogP) is 3.80. The molecule has 0 bridgehead atoms. The molecule has 158 valence electrons. The lowest BCUT2D eigenvalue weighted by molar-refractivity contribution is -0.131. The van der Waals surface area contributed by atoms with Crippen LogP contribution in [0.1, 0.15) is 40.5 Å². The lowest BCUT2D eigenvalue weighted by Crippen LogP contribution is -2.46. The Labute approximate surface area is 180 Å². The van der Waals surface area contributed by atoms with Gasteiger partial charge in [-0.3, -0.25) is 14.4 Å². The molecule has 0 unspecified atom stereocenters. The summed E-state index contributed by atoms with van der Waals surface area (Å²) in [6.45, 7) is 2.43. The molecule has 1 aliphatic heterocycles. The Kier molecular flexibility index (Phi) is 5.98. The molecule has 3 aromatic rings. The number of nitrogens with zero attached hydrogens (tertiary/aromatic N) is 1. The zero-order chi connectivity index (χ0) is 21.8. The molecule has 0 saturated carbocycles. The van der Waals surface area contributed by atoms with Gasteiger partial charge in [0.1, 0.15) is 5.75 Å². The van der Waals surface area contributed by atoms with Gasteiger partial charge in [0.2, 0.25) is 0 Å². The lowest BCUT2D eigenvalue weighted by atomic mass is 10.0. The number of amides is 2. The van der Waals surface area contributed by atoms with Crippen LogP contribution in [0, 0.1) is 0 Å². The zero-order valence-electron chi connectivity index (χ0n) is 17.3. The minimum Gasteiger partial charge on any atom is -0.427 e. The van der Waals surface area contributed by atoms with E-state index in [0.29, 0.717) is 42.8 Å². The molecule has 1 fully saturated rings. The fourth-order valence-corrected chi connectivity index (χ4v) is 3.95. The molecule has 6 nitrogen and oxygen atoms in total. The van der Waals surface area contributed by atoms with E-state index in [1.165, 1.54) is 6.92 Å². The standard InChI is InChI=1S/C25H24N2O4/c1-17(28)31-21-9-4-8-19(16-21)25(30)27-14-12-20(13-15-27)26-24(29)23-11-5-7-18-6-2-3-10-22(18)23/h2-11,16,20H,12-15H2,1H3,(H,26,29). The molecule has 6 heteroatoms. The number of benzene rings is 3. The second kappa shape index (κ2) is 9.00. The van der Waals surface area contributed by atoms with Crippen LogP contribution in [-0.4, -0.2) is 41.8 Å². The Hall–Kier alpha value is -3.67. The summed E-state index contributed by atoms with van der Waals surface area (Å²) >= 11 is 0. The molecule has 3 aromatic carbocycles. The Bertz CT molecular complexity index is 1130. The molecular formula is C25H24N2O4. The number of carbonyl (C=O) groups is 3. The number of likely N-dealkylation sites (tertiary alicyclic amines) is 1. The molecule has 1 heterocycles. The first-order chi connectivity index (χ1) is 15.0. The van der Waals surface area contributed by atoms with Crippen molar-refractivity contribution < 1.29 is 19.1 Å². The smallest absolute Gasteiger partial charge is 0.308 e. The van der Waals surface area contributed by atoms with Crippen molar-refractivity contribution >= 4 is 28.6 Å². The highest BCUT2D eigenvalue weighted by atomic mass is 16.5. The first kappa shape index (κ1) is 20.6. The van der Waals surface area contributed by atoms with Crippen molar-refractivity contribution in [1.82, 2.24) is 10.2 Å². The number of nitrogens with one attached hydrogen (secondary N) is 1. The number of rotatable bonds is 4. The molecule has 1 saturated heterocycles. The van der Waals surface area contributed by atoms with Crippen LogP contribution in [0.15, 0.2) is 66.7 Å².